The number of benzene rings is 2. The topological polar surface area (TPSA) is 32.3 Å². The van der Waals surface area contributed by atoms with Crippen LogP contribution in [0.5, 0.6) is 0 Å². The Labute approximate surface area is 132 Å². The van der Waals surface area contributed by atoms with Crippen LogP contribution < -0.4 is 10.2 Å². The molecule has 1 unspecified atom stereocenters. The van der Waals surface area contributed by atoms with E-state index in [1.54, 1.807) is 17.0 Å². The summed E-state index contributed by atoms with van der Waals surface area (Å²) in [7, 11) is 0. The first kappa shape index (κ1) is 13.6. The maximum Gasteiger partial charge on any atom is 0.262 e. The van der Waals surface area contributed by atoms with Crippen molar-refractivity contribution >= 4 is 29.0 Å². The molecule has 2 aromatic rings. The number of fused-ring (bicyclic) bond motifs is 1. The van der Waals surface area contributed by atoms with E-state index in [9.17, 15) is 9.18 Å². The Morgan fingerprint density at radius 3 is 2.64 bits per heavy atom. The molecule has 0 aromatic heterocycles. The predicted molar refractivity (Wildman–Crippen MR) is 87.9 cm³/mol. The molecule has 5 heteroatoms. The predicted octanol–water partition coefficient (Wildman–Crippen LogP) is 3.73. The fourth-order valence-electron chi connectivity index (χ4n) is 3.18. The number of nitrogens with one attached hydrogen (secondary N) is 1. The van der Waals surface area contributed by atoms with E-state index in [0.29, 0.717) is 5.56 Å². The Morgan fingerprint density at radius 1 is 1.14 bits per heavy atom. The van der Waals surface area contributed by atoms with Gasteiger partial charge in [-0.05, 0) is 48.6 Å². The molecule has 2 aromatic carbocycles. The van der Waals surface area contributed by atoms with Crippen LogP contribution in [0.15, 0.2) is 48.5 Å². The lowest BCUT2D eigenvalue weighted by Gasteiger charge is -2.46. The van der Waals surface area contributed by atoms with Gasteiger partial charge in [0.05, 0.1) is 5.56 Å². The molecule has 0 bridgehead atoms. The molecule has 2 heterocycles. The van der Waals surface area contributed by atoms with Gasteiger partial charge in [0.1, 0.15) is 11.5 Å². The van der Waals surface area contributed by atoms with Crippen LogP contribution in [-0.4, -0.2) is 23.1 Å². The number of halogens is 1. The highest BCUT2D eigenvalue weighted by Crippen LogP contribution is 2.42. The Kier molecular flexibility index (Phi) is 3.11. The summed E-state index contributed by atoms with van der Waals surface area (Å²) in [5, 5.41) is 3.56. The number of carbonyl (C=O) groups is 1. The highest BCUT2D eigenvalue weighted by atomic mass is 32.2. The number of carbonyl (C=O) groups excluding carboxylic acids is 1. The van der Waals surface area contributed by atoms with E-state index in [1.165, 1.54) is 12.1 Å². The third-order valence-corrected chi connectivity index (χ3v) is 5.42. The van der Waals surface area contributed by atoms with Crippen molar-refractivity contribution in [3.05, 3.63) is 59.9 Å². The van der Waals surface area contributed by atoms with Crippen molar-refractivity contribution in [2.75, 3.05) is 21.7 Å². The van der Waals surface area contributed by atoms with E-state index in [0.717, 1.165) is 29.3 Å². The van der Waals surface area contributed by atoms with E-state index in [2.05, 4.69) is 5.32 Å². The first-order valence-electron chi connectivity index (χ1n) is 7.25. The molecule has 1 spiro atoms. The lowest BCUT2D eigenvalue weighted by molar-refractivity contribution is 0.0959. The quantitative estimate of drug-likeness (QED) is 0.870. The summed E-state index contributed by atoms with van der Waals surface area (Å²) in [4.78, 5) is 14.8. The Balaban J connectivity index is 1.86. The molecule has 2 aliphatic rings. The van der Waals surface area contributed by atoms with Gasteiger partial charge in [0, 0.05) is 17.1 Å². The number of para-hydroxylation sites is 1. The molecule has 22 heavy (non-hydrogen) atoms. The summed E-state index contributed by atoms with van der Waals surface area (Å²) in [6.45, 7) is 0. The SMILES string of the molecule is O=C1c2ccccc2NC2(CCSC2)N1c1ccc(F)cc1. The molecule has 0 saturated carbocycles. The fraction of sp³-hybridized carbons (Fsp3) is 0.235. The molecule has 112 valence electrons. The van der Waals surface area contributed by atoms with Gasteiger partial charge in [0.2, 0.25) is 0 Å². The molecule has 1 amide bonds. The van der Waals surface area contributed by atoms with Crippen LogP contribution in [0.1, 0.15) is 16.8 Å². The Morgan fingerprint density at radius 2 is 1.91 bits per heavy atom. The lowest BCUT2D eigenvalue weighted by Crippen LogP contribution is -2.60. The van der Waals surface area contributed by atoms with Gasteiger partial charge in [0.15, 0.2) is 0 Å². The van der Waals surface area contributed by atoms with Crippen LogP contribution in [0.3, 0.4) is 0 Å². The molecule has 0 radical (unpaired) electrons. The number of amides is 1. The summed E-state index contributed by atoms with van der Waals surface area (Å²) in [6, 6.07) is 13.7. The molecule has 1 N–H and O–H groups in total. The summed E-state index contributed by atoms with van der Waals surface area (Å²) in [6.07, 6.45) is 0.870. The van der Waals surface area contributed by atoms with E-state index >= 15 is 0 Å². The van der Waals surface area contributed by atoms with Crippen LogP contribution in [0, 0.1) is 5.82 Å². The van der Waals surface area contributed by atoms with Gasteiger partial charge in [-0.3, -0.25) is 9.69 Å². The zero-order valence-corrected chi connectivity index (χ0v) is 12.7. The summed E-state index contributed by atoms with van der Waals surface area (Å²) < 4.78 is 13.2. The van der Waals surface area contributed by atoms with E-state index in [1.807, 2.05) is 36.0 Å². The number of hydrogen-bond acceptors (Lipinski definition) is 3. The van der Waals surface area contributed by atoms with Gasteiger partial charge in [-0.25, -0.2) is 4.39 Å². The average Bonchev–Trinajstić information content (AvgIpc) is 2.98. The van der Waals surface area contributed by atoms with E-state index in [4.69, 9.17) is 0 Å². The van der Waals surface area contributed by atoms with Crippen LogP contribution in [0.4, 0.5) is 15.8 Å². The molecule has 1 saturated heterocycles. The monoisotopic (exact) mass is 314 g/mol. The normalized spacial score (nSPS) is 23.5. The smallest absolute Gasteiger partial charge is 0.262 e. The highest BCUT2D eigenvalue weighted by Gasteiger charge is 2.47. The van der Waals surface area contributed by atoms with Gasteiger partial charge < -0.3 is 5.32 Å². The van der Waals surface area contributed by atoms with Gasteiger partial charge in [-0.1, -0.05) is 12.1 Å². The van der Waals surface area contributed by atoms with Gasteiger partial charge in [-0.2, -0.15) is 11.8 Å². The van der Waals surface area contributed by atoms with E-state index < -0.39 is 5.66 Å². The van der Waals surface area contributed by atoms with Crippen LogP contribution in [0.25, 0.3) is 0 Å². The van der Waals surface area contributed by atoms with Crippen molar-refractivity contribution < 1.29 is 9.18 Å². The van der Waals surface area contributed by atoms with Crippen LogP contribution in [-0.2, 0) is 0 Å². The van der Waals surface area contributed by atoms with Crippen LogP contribution >= 0.6 is 11.8 Å². The van der Waals surface area contributed by atoms with Gasteiger partial charge >= 0.3 is 0 Å². The maximum absolute atomic E-state index is 13.2. The fourth-order valence-corrected chi connectivity index (χ4v) is 4.49. The minimum Gasteiger partial charge on any atom is -0.361 e. The molecule has 1 fully saturated rings. The first-order valence-corrected chi connectivity index (χ1v) is 8.40. The standard InChI is InChI=1S/C17H15FN2OS/c18-12-5-7-13(8-6-12)20-16(21)14-3-1-2-4-15(14)19-17(20)9-10-22-11-17/h1-8,19H,9-11H2. The van der Waals surface area contributed by atoms with Crippen molar-refractivity contribution in [1.82, 2.24) is 0 Å². The number of rotatable bonds is 1. The summed E-state index contributed by atoms with van der Waals surface area (Å²) >= 11 is 1.83. The zero-order chi connectivity index (χ0) is 15.2. The molecular weight excluding hydrogens is 299 g/mol. The summed E-state index contributed by atoms with van der Waals surface area (Å²) in [5.74, 6) is 1.50. The number of thioether (sulfide) groups is 1. The Bertz CT molecular complexity index is 726. The second-order valence-electron chi connectivity index (χ2n) is 5.62. The molecule has 4 rings (SSSR count). The average molecular weight is 314 g/mol. The third-order valence-electron chi connectivity index (χ3n) is 4.24. The van der Waals surface area contributed by atoms with Gasteiger partial charge in [-0.15, -0.1) is 0 Å². The number of hydrogen-bond donors (Lipinski definition) is 1. The van der Waals surface area contributed by atoms with Crippen molar-refractivity contribution in [1.29, 1.82) is 0 Å². The second-order valence-corrected chi connectivity index (χ2v) is 6.73. The van der Waals surface area contributed by atoms with Gasteiger partial charge in [0.25, 0.3) is 5.91 Å². The number of nitrogens with zero attached hydrogens (tertiary/aromatic N) is 1. The second kappa shape index (κ2) is 5.02. The van der Waals surface area contributed by atoms with Crippen molar-refractivity contribution in [2.45, 2.75) is 12.1 Å². The first-order chi connectivity index (χ1) is 10.7. The van der Waals surface area contributed by atoms with Crippen LogP contribution in [0.2, 0.25) is 0 Å². The van der Waals surface area contributed by atoms with Crippen molar-refractivity contribution in [2.24, 2.45) is 0 Å². The molecule has 1 atom stereocenters. The van der Waals surface area contributed by atoms with Crippen molar-refractivity contribution in [3.8, 4) is 0 Å². The third kappa shape index (κ3) is 2.00. The number of anilines is 2. The molecular formula is C17H15FN2OS. The molecule has 3 nitrogen and oxygen atoms in total. The lowest BCUT2D eigenvalue weighted by atomic mass is 9.97. The minimum absolute atomic E-state index is 0.0246. The molecule has 2 aliphatic heterocycles. The highest BCUT2D eigenvalue weighted by molar-refractivity contribution is 7.99. The minimum atomic E-state index is -0.423. The maximum atomic E-state index is 13.2. The largest absolute Gasteiger partial charge is 0.361 e. The zero-order valence-electron chi connectivity index (χ0n) is 11.9. The Hall–Kier alpha value is -2.01. The van der Waals surface area contributed by atoms with Crippen molar-refractivity contribution in [3.63, 3.8) is 0 Å². The van der Waals surface area contributed by atoms with E-state index in [-0.39, 0.29) is 11.7 Å². The summed E-state index contributed by atoms with van der Waals surface area (Å²) in [5.41, 5.74) is 1.85. The molecule has 0 aliphatic carbocycles.